The highest BCUT2D eigenvalue weighted by Gasteiger charge is 2.38. The van der Waals surface area contributed by atoms with Gasteiger partial charge in [0.15, 0.2) is 0 Å². The van der Waals surface area contributed by atoms with Crippen molar-refractivity contribution in [3.8, 4) is 0 Å². The first kappa shape index (κ1) is 13.4. The third kappa shape index (κ3) is 3.03. The maximum Gasteiger partial charge on any atom is 0.0499 e. The molecule has 1 aliphatic heterocycles. The van der Waals surface area contributed by atoms with Gasteiger partial charge in [-0.15, -0.1) is 0 Å². The van der Waals surface area contributed by atoms with Gasteiger partial charge in [0, 0.05) is 31.2 Å². The molecule has 4 atom stereocenters. The van der Waals surface area contributed by atoms with Crippen LogP contribution in [0, 0.1) is 17.3 Å². The van der Waals surface area contributed by atoms with Gasteiger partial charge in [-0.2, -0.15) is 0 Å². The first-order valence-electron chi connectivity index (χ1n) is 7.39. The second-order valence-corrected chi connectivity index (χ2v) is 6.98. The van der Waals surface area contributed by atoms with Crippen molar-refractivity contribution in [3.05, 3.63) is 0 Å². The van der Waals surface area contributed by atoms with Gasteiger partial charge in [0.2, 0.25) is 0 Å². The summed E-state index contributed by atoms with van der Waals surface area (Å²) in [4.78, 5) is 2.62. The van der Waals surface area contributed by atoms with Crippen LogP contribution in [0.5, 0.6) is 0 Å². The van der Waals surface area contributed by atoms with Crippen LogP contribution in [0.2, 0.25) is 0 Å². The molecule has 1 saturated carbocycles. The fourth-order valence-corrected chi connectivity index (χ4v) is 4.14. The monoisotopic (exact) mass is 239 g/mol. The highest BCUT2D eigenvalue weighted by atomic mass is 16.3. The van der Waals surface area contributed by atoms with Crippen LogP contribution in [-0.4, -0.2) is 35.7 Å². The average Bonchev–Trinajstić information content (AvgIpc) is 2.57. The molecule has 0 bridgehead atoms. The molecule has 2 heteroatoms. The van der Waals surface area contributed by atoms with Crippen molar-refractivity contribution in [3.63, 3.8) is 0 Å². The van der Waals surface area contributed by atoms with Crippen LogP contribution in [0.15, 0.2) is 0 Å². The summed E-state index contributed by atoms with van der Waals surface area (Å²) in [5, 5.41) is 9.85. The van der Waals surface area contributed by atoms with Crippen molar-refractivity contribution in [2.24, 2.45) is 17.3 Å². The average molecular weight is 239 g/mol. The van der Waals surface area contributed by atoms with Crippen LogP contribution in [-0.2, 0) is 0 Å². The van der Waals surface area contributed by atoms with E-state index in [9.17, 15) is 5.11 Å². The van der Waals surface area contributed by atoms with E-state index in [1.165, 1.54) is 38.6 Å². The summed E-state index contributed by atoms with van der Waals surface area (Å²) in [6.45, 7) is 9.79. The van der Waals surface area contributed by atoms with Crippen LogP contribution >= 0.6 is 0 Å². The minimum Gasteiger partial charge on any atom is -0.396 e. The SMILES string of the molecule is CC1CC(C)N(CC2(CO)CCCC(C)C2)C1. The standard InChI is InChI=1S/C15H29NO/c1-12-5-4-6-15(8-12,11-17)10-16-9-13(2)7-14(16)3/h12-14,17H,4-11H2,1-3H3. The van der Waals surface area contributed by atoms with E-state index < -0.39 is 0 Å². The van der Waals surface area contributed by atoms with E-state index in [1.807, 2.05) is 0 Å². The Morgan fingerprint density at radius 3 is 2.53 bits per heavy atom. The van der Waals surface area contributed by atoms with Crippen molar-refractivity contribution in [1.29, 1.82) is 0 Å². The summed E-state index contributed by atoms with van der Waals surface area (Å²) in [6, 6.07) is 0.714. The lowest BCUT2D eigenvalue weighted by molar-refractivity contribution is 0.0214. The maximum absolute atomic E-state index is 9.85. The van der Waals surface area contributed by atoms with Crippen molar-refractivity contribution in [1.82, 2.24) is 4.90 Å². The Morgan fingerprint density at radius 1 is 1.24 bits per heavy atom. The van der Waals surface area contributed by atoms with Crippen molar-refractivity contribution >= 4 is 0 Å². The molecule has 2 aliphatic rings. The van der Waals surface area contributed by atoms with Crippen LogP contribution < -0.4 is 0 Å². The zero-order valence-corrected chi connectivity index (χ0v) is 11.8. The smallest absolute Gasteiger partial charge is 0.0499 e. The molecule has 1 heterocycles. The molecule has 0 aromatic heterocycles. The van der Waals surface area contributed by atoms with E-state index >= 15 is 0 Å². The van der Waals surface area contributed by atoms with Gasteiger partial charge < -0.3 is 5.11 Å². The quantitative estimate of drug-likeness (QED) is 0.818. The van der Waals surface area contributed by atoms with Crippen LogP contribution in [0.4, 0.5) is 0 Å². The summed E-state index contributed by atoms with van der Waals surface area (Å²) in [7, 11) is 0. The van der Waals surface area contributed by atoms with Crippen LogP contribution in [0.25, 0.3) is 0 Å². The molecule has 2 rings (SSSR count). The van der Waals surface area contributed by atoms with E-state index in [0.717, 1.165) is 18.4 Å². The zero-order chi connectivity index (χ0) is 12.5. The molecule has 2 fully saturated rings. The number of aliphatic hydroxyl groups is 1. The highest BCUT2D eigenvalue weighted by Crippen LogP contribution is 2.41. The molecule has 4 unspecified atom stereocenters. The molecule has 17 heavy (non-hydrogen) atoms. The van der Waals surface area contributed by atoms with Gasteiger partial charge in [-0.25, -0.2) is 0 Å². The Morgan fingerprint density at radius 2 is 2.00 bits per heavy atom. The van der Waals surface area contributed by atoms with E-state index in [1.54, 1.807) is 0 Å². The first-order chi connectivity index (χ1) is 8.04. The summed E-state index contributed by atoms with van der Waals surface area (Å²) >= 11 is 0. The summed E-state index contributed by atoms with van der Waals surface area (Å²) < 4.78 is 0. The number of nitrogens with zero attached hydrogens (tertiary/aromatic N) is 1. The number of likely N-dealkylation sites (tertiary alicyclic amines) is 1. The second-order valence-electron chi connectivity index (χ2n) is 6.98. The Kier molecular flexibility index (Phi) is 4.14. The third-order valence-corrected chi connectivity index (χ3v) is 4.97. The lowest BCUT2D eigenvalue weighted by atomic mass is 9.70. The predicted octanol–water partition coefficient (Wildman–Crippen LogP) is 2.91. The van der Waals surface area contributed by atoms with Gasteiger partial charge in [0.1, 0.15) is 0 Å². The summed E-state index contributed by atoms with van der Waals surface area (Å²) in [5.74, 6) is 1.63. The number of hydrogen-bond donors (Lipinski definition) is 1. The molecular formula is C15H29NO. The maximum atomic E-state index is 9.85. The van der Waals surface area contributed by atoms with E-state index in [2.05, 4.69) is 25.7 Å². The minimum absolute atomic E-state index is 0.204. The number of hydrogen-bond acceptors (Lipinski definition) is 2. The predicted molar refractivity (Wildman–Crippen MR) is 72.0 cm³/mol. The minimum atomic E-state index is 0.204. The molecule has 1 N–H and O–H groups in total. The zero-order valence-electron chi connectivity index (χ0n) is 11.8. The highest BCUT2D eigenvalue weighted by molar-refractivity contribution is 4.91. The van der Waals surface area contributed by atoms with Crippen molar-refractivity contribution < 1.29 is 5.11 Å². The molecule has 0 radical (unpaired) electrons. The molecule has 1 aliphatic carbocycles. The Balaban J connectivity index is 1.99. The molecule has 100 valence electrons. The second kappa shape index (κ2) is 5.27. The Hall–Kier alpha value is -0.0800. The lowest BCUT2D eigenvalue weighted by Crippen LogP contribution is -2.44. The topological polar surface area (TPSA) is 23.5 Å². The molecule has 0 amide bonds. The fourth-order valence-electron chi connectivity index (χ4n) is 4.14. The largest absolute Gasteiger partial charge is 0.396 e. The van der Waals surface area contributed by atoms with Gasteiger partial charge in [-0.1, -0.05) is 26.7 Å². The molecule has 0 aromatic carbocycles. The third-order valence-electron chi connectivity index (χ3n) is 4.97. The Bertz CT molecular complexity index is 255. The van der Waals surface area contributed by atoms with Gasteiger partial charge in [0.05, 0.1) is 0 Å². The van der Waals surface area contributed by atoms with Gasteiger partial charge in [0.25, 0.3) is 0 Å². The number of rotatable bonds is 3. The molecule has 0 spiro atoms. The molecule has 1 saturated heterocycles. The fraction of sp³-hybridized carbons (Fsp3) is 1.00. The van der Waals surface area contributed by atoms with E-state index in [0.29, 0.717) is 12.6 Å². The van der Waals surface area contributed by atoms with Crippen LogP contribution in [0.1, 0.15) is 52.9 Å². The van der Waals surface area contributed by atoms with Gasteiger partial charge in [-0.05, 0) is 38.0 Å². The van der Waals surface area contributed by atoms with Crippen LogP contribution in [0.3, 0.4) is 0 Å². The normalized spacial score (nSPS) is 44.1. The van der Waals surface area contributed by atoms with Crippen molar-refractivity contribution in [2.45, 2.75) is 58.9 Å². The van der Waals surface area contributed by atoms with Gasteiger partial charge >= 0.3 is 0 Å². The lowest BCUT2D eigenvalue weighted by Gasteiger charge is -2.42. The van der Waals surface area contributed by atoms with E-state index in [4.69, 9.17) is 0 Å². The summed E-state index contributed by atoms with van der Waals surface area (Å²) in [5.41, 5.74) is 0.204. The molecule has 2 nitrogen and oxygen atoms in total. The first-order valence-corrected chi connectivity index (χ1v) is 7.39. The molecular weight excluding hydrogens is 210 g/mol. The molecule has 0 aromatic rings. The van der Waals surface area contributed by atoms with Crippen molar-refractivity contribution in [2.75, 3.05) is 19.7 Å². The summed E-state index contributed by atoms with van der Waals surface area (Å²) in [6.07, 6.45) is 6.44. The Labute approximate surface area is 106 Å². The van der Waals surface area contributed by atoms with Gasteiger partial charge in [-0.3, -0.25) is 4.90 Å². The number of aliphatic hydroxyl groups excluding tert-OH is 1. The van der Waals surface area contributed by atoms with E-state index in [-0.39, 0.29) is 5.41 Å².